The maximum Gasteiger partial charge on any atom is 0.327 e. The minimum absolute atomic E-state index is 0.00463. The van der Waals surface area contributed by atoms with Crippen molar-refractivity contribution in [1.29, 1.82) is 0 Å². The summed E-state index contributed by atoms with van der Waals surface area (Å²) in [7, 11) is 1.39. The van der Waals surface area contributed by atoms with E-state index < -0.39 is 5.97 Å². The summed E-state index contributed by atoms with van der Waals surface area (Å²) in [6.07, 6.45) is 2.67. The maximum atomic E-state index is 10.3. The van der Waals surface area contributed by atoms with Crippen LogP contribution in [0.1, 0.15) is 19.4 Å². The molecule has 4 nitrogen and oxygen atoms in total. The zero-order chi connectivity index (χ0) is 16.0. The van der Waals surface area contributed by atoms with E-state index in [2.05, 4.69) is 17.9 Å². The molecule has 0 spiro atoms. The summed E-state index contributed by atoms with van der Waals surface area (Å²) in [5, 5.41) is 7.60. The van der Waals surface area contributed by atoms with E-state index in [4.69, 9.17) is 5.11 Å². The number of rotatable bonds is 3. The van der Waals surface area contributed by atoms with Crippen LogP contribution in [0.4, 0.5) is 0 Å². The molecule has 1 aromatic carbocycles. The fourth-order valence-electron chi connectivity index (χ4n) is 0.825. The van der Waals surface area contributed by atoms with E-state index in [0.29, 0.717) is 0 Å². The highest BCUT2D eigenvalue weighted by atomic mass is 16.5. The largest absolute Gasteiger partial charge is 0.478 e. The van der Waals surface area contributed by atoms with Crippen molar-refractivity contribution in [2.45, 2.75) is 13.8 Å². The highest BCUT2D eigenvalue weighted by Gasteiger charge is 2.03. The molecule has 0 aliphatic heterocycles. The second kappa shape index (κ2) is 13.1. The highest BCUT2D eigenvalue weighted by Crippen LogP contribution is 1.97. The van der Waals surface area contributed by atoms with Gasteiger partial charge in [0.25, 0.3) is 0 Å². The van der Waals surface area contributed by atoms with Crippen molar-refractivity contribution in [3.63, 3.8) is 0 Å². The Morgan fingerprint density at radius 2 is 1.65 bits per heavy atom. The van der Waals surface area contributed by atoms with Gasteiger partial charge in [0.15, 0.2) is 0 Å². The molecule has 1 rings (SSSR count). The van der Waals surface area contributed by atoms with Crippen LogP contribution in [0.15, 0.2) is 49.6 Å². The van der Waals surface area contributed by atoms with Crippen LogP contribution in [-0.2, 0) is 14.3 Å². The van der Waals surface area contributed by atoms with Crippen molar-refractivity contribution in [1.82, 2.24) is 0 Å². The number of carboxylic acids is 1. The summed E-state index contributed by atoms with van der Waals surface area (Å²) in [6.45, 7) is 10.2. The van der Waals surface area contributed by atoms with E-state index in [9.17, 15) is 9.59 Å². The van der Waals surface area contributed by atoms with Gasteiger partial charge in [-0.05, 0) is 5.56 Å². The number of benzene rings is 1. The molecule has 0 fully saturated rings. The Morgan fingerprint density at radius 3 is 1.80 bits per heavy atom. The van der Waals surface area contributed by atoms with Crippen LogP contribution in [0.3, 0.4) is 0 Å². The first kappa shape index (κ1) is 20.0. The summed E-state index contributed by atoms with van der Waals surface area (Å²) in [6, 6.07) is 10.0. The molecule has 0 atom stereocenters. The molecule has 20 heavy (non-hydrogen) atoms. The number of aliphatic carboxylic acids is 1. The van der Waals surface area contributed by atoms with Crippen molar-refractivity contribution >= 4 is 18.0 Å². The number of methoxy groups -OCH3 is 1. The molecule has 0 aromatic heterocycles. The molecule has 1 N–H and O–H groups in total. The molecule has 0 radical (unpaired) electrons. The van der Waals surface area contributed by atoms with Crippen molar-refractivity contribution < 1.29 is 19.4 Å². The molecular weight excluding hydrogens is 256 g/mol. The Kier molecular flexibility index (Phi) is 13.1. The molecule has 1 aromatic rings. The van der Waals surface area contributed by atoms with Crippen LogP contribution < -0.4 is 0 Å². The van der Waals surface area contributed by atoms with Gasteiger partial charge < -0.3 is 9.84 Å². The Morgan fingerprint density at radius 1 is 1.20 bits per heavy atom. The van der Waals surface area contributed by atoms with Crippen molar-refractivity contribution in [3.8, 4) is 0 Å². The SMILES string of the molecule is C=CC(=O)O.C=Cc1ccccc1.COC(=O)C(C)C. The maximum absolute atomic E-state index is 10.3. The van der Waals surface area contributed by atoms with Gasteiger partial charge >= 0.3 is 11.9 Å². The van der Waals surface area contributed by atoms with Gasteiger partial charge in [-0.1, -0.05) is 63.4 Å². The number of esters is 1. The second-order valence-corrected chi connectivity index (χ2v) is 3.84. The molecule has 0 bridgehead atoms. The highest BCUT2D eigenvalue weighted by molar-refractivity contribution is 5.78. The van der Waals surface area contributed by atoms with Gasteiger partial charge in [-0.2, -0.15) is 0 Å². The van der Waals surface area contributed by atoms with Crippen LogP contribution in [0.2, 0.25) is 0 Å². The molecule has 0 saturated heterocycles. The molecule has 110 valence electrons. The first-order valence-corrected chi connectivity index (χ1v) is 5.99. The Bertz CT molecular complexity index is 408. The lowest BCUT2D eigenvalue weighted by molar-refractivity contribution is -0.144. The van der Waals surface area contributed by atoms with Crippen LogP contribution in [0.25, 0.3) is 6.08 Å². The van der Waals surface area contributed by atoms with E-state index >= 15 is 0 Å². The summed E-state index contributed by atoms with van der Waals surface area (Å²) in [5.74, 6) is -1.13. The molecule has 0 aliphatic rings. The van der Waals surface area contributed by atoms with Gasteiger partial charge in [0.05, 0.1) is 13.0 Å². The van der Waals surface area contributed by atoms with Crippen LogP contribution in [0, 0.1) is 5.92 Å². The van der Waals surface area contributed by atoms with Crippen LogP contribution in [-0.4, -0.2) is 24.2 Å². The van der Waals surface area contributed by atoms with Crippen molar-refractivity contribution in [2.24, 2.45) is 5.92 Å². The lowest BCUT2D eigenvalue weighted by atomic mass is 10.2. The Hall–Kier alpha value is -2.36. The monoisotopic (exact) mass is 278 g/mol. The Labute approximate surface area is 120 Å². The number of carbonyl (C=O) groups excluding carboxylic acids is 1. The zero-order valence-electron chi connectivity index (χ0n) is 12.2. The minimum Gasteiger partial charge on any atom is -0.478 e. The fourth-order valence-corrected chi connectivity index (χ4v) is 0.825. The zero-order valence-corrected chi connectivity index (χ0v) is 12.2. The van der Waals surface area contributed by atoms with Crippen molar-refractivity contribution in [2.75, 3.05) is 7.11 Å². The molecule has 4 heteroatoms. The minimum atomic E-state index is -0.981. The van der Waals surface area contributed by atoms with E-state index in [1.807, 2.05) is 36.4 Å². The van der Waals surface area contributed by atoms with Gasteiger partial charge in [0.2, 0.25) is 0 Å². The lowest BCUT2D eigenvalue weighted by Crippen LogP contribution is -2.07. The molecule has 0 saturated carbocycles. The quantitative estimate of drug-likeness (QED) is 0.680. The third-order valence-electron chi connectivity index (χ3n) is 1.88. The average molecular weight is 278 g/mol. The van der Waals surface area contributed by atoms with Crippen molar-refractivity contribution in [3.05, 3.63) is 55.1 Å². The molecule has 0 amide bonds. The summed E-state index contributed by atoms with van der Waals surface area (Å²) >= 11 is 0. The normalized spacial score (nSPS) is 8.20. The summed E-state index contributed by atoms with van der Waals surface area (Å²) in [4.78, 5) is 19.5. The predicted molar refractivity (Wildman–Crippen MR) is 81.2 cm³/mol. The smallest absolute Gasteiger partial charge is 0.327 e. The second-order valence-electron chi connectivity index (χ2n) is 3.84. The van der Waals surface area contributed by atoms with Crippen LogP contribution >= 0.6 is 0 Å². The molecule has 0 heterocycles. The van der Waals surface area contributed by atoms with Gasteiger partial charge in [0.1, 0.15) is 0 Å². The standard InChI is InChI=1S/C8H8.C5H10O2.C3H4O2/c1-2-8-6-4-3-5-7-8;1-4(2)5(6)7-3;1-2-3(4)5/h2-7H,1H2;4H,1-3H3;2H,1H2,(H,4,5). The van der Waals surface area contributed by atoms with Crippen LogP contribution in [0.5, 0.6) is 0 Å². The van der Waals surface area contributed by atoms with Gasteiger partial charge in [-0.3, -0.25) is 4.79 Å². The third kappa shape index (κ3) is 13.7. The average Bonchev–Trinajstić information content (AvgIpc) is 2.48. The number of carboxylic acid groups (broad SMARTS) is 1. The third-order valence-corrected chi connectivity index (χ3v) is 1.88. The van der Waals surface area contributed by atoms with E-state index in [1.54, 1.807) is 13.8 Å². The topological polar surface area (TPSA) is 63.6 Å². The van der Waals surface area contributed by atoms with Gasteiger partial charge in [-0.15, -0.1) is 0 Å². The Balaban J connectivity index is 0. The van der Waals surface area contributed by atoms with Gasteiger partial charge in [-0.25, -0.2) is 4.79 Å². The van der Waals surface area contributed by atoms with E-state index in [0.717, 1.165) is 6.08 Å². The lowest BCUT2D eigenvalue weighted by Gasteiger charge is -1.97. The molecule has 0 aliphatic carbocycles. The number of carbonyl (C=O) groups is 2. The van der Waals surface area contributed by atoms with E-state index in [1.165, 1.54) is 12.7 Å². The fraction of sp³-hybridized carbons (Fsp3) is 0.250. The first-order chi connectivity index (χ1) is 9.38. The predicted octanol–water partition coefficient (Wildman–Crippen LogP) is 3.40. The van der Waals surface area contributed by atoms with Gasteiger partial charge in [0, 0.05) is 6.08 Å². The number of hydrogen-bond acceptors (Lipinski definition) is 3. The summed E-state index contributed by atoms with van der Waals surface area (Å²) in [5.41, 5.74) is 1.17. The van der Waals surface area contributed by atoms with E-state index in [-0.39, 0.29) is 11.9 Å². The number of ether oxygens (including phenoxy) is 1. The molecule has 0 unspecified atom stereocenters. The molecular formula is C16H22O4. The number of hydrogen-bond donors (Lipinski definition) is 1. The summed E-state index contributed by atoms with van der Waals surface area (Å²) < 4.78 is 4.37. The first-order valence-electron chi connectivity index (χ1n) is 5.99.